The predicted molar refractivity (Wildman–Crippen MR) is 110 cm³/mol. The highest BCUT2D eigenvalue weighted by Crippen LogP contribution is 2.31. The van der Waals surface area contributed by atoms with Crippen LogP contribution in [0.3, 0.4) is 0 Å². The van der Waals surface area contributed by atoms with Crippen LogP contribution >= 0.6 is 11.6 Å². The fourth-order valence-corrected chi connectivity index (χ4v) is 4.22. The number of imide groups is 1. The molecule has 2 saturated heterocycles. The molecule has 1 N–H and O–H groups in total. The molecule has 0 aliphatic carbocycles. The molecule has 0 atom stereocenters. The molecular weight excluding hydrogens is 390 g/mol. The Balaban J connectivity index is 1.40. The van der Waals surface area contributed by atoms with E-state index in [-0.39, 0.29) is 17.8 Å². The number of nitrogens with zero attached hydrogens (tertiary/aromatic N) is 2. The Morgan fingerprint density at radius 2 is 1.66 bits per heavy atom. The van der Waals surface area contributed by atoms with Gasteiger partial charge in [-0.25, -0.2) is 4.79 Å². The maximum absolute atomic E-state index is 13.0. The van der Waals surface area contributed by atoms with Crippen molar-refractivity contribution in [2.75, 3.05) is 19.6 Å². The van der Waals surface area contributed by atoms with Crippen LogP contribution in [0.5, 0.6) is 0 Å². The first-order valence-corrected chi connectivity index (χ1v) is 10.1. The van der Waals surface area contributed by atoms with E-state index in [9.17, 15) is 14.4 Å². The molecule has 0 aromatic heterocycles. The van der Waals surface area contributed by atoms with E-state index in [0.717, 1.165) is 5.56 Å². The van der Waals surface area contributed by atoms with Gasteiger partial charge in [-0.05, 0) is 37.0 Å². The van der Waals surface area contributed by atoms with Gasteiger partial charge in [0.25, 0.3) is 11.8 Å². The van der Waals surface area contributed by atoms with Gasteiger partial charge in [-0.2, -0.15) is 0 Å². The molecule has 2 aliphatic rings. The minimum atomic E-state index is -0.912. The lowest BCUT2D eigenvalue weighted by Crippen LogP contribution is -2.56. The maximum Gasteiger partial charge on any atom is 0.325 e. The lowest BCUT2D eigenvalue weighted by atomic mass is 9.87. The van der Waals surface area contributed by atoms with Gasteiger partial charge in [-0.1, -0.05) is 54.1 Å². The monoisotopic (exact) mass is 411 g/mol. The molecular formula is C22H22ClN3O3. The SMILES string of the molecule is O=C(c1ccccc1Cl)N1CCC2(CC1)NC(=O)N(CCc1ccccc1)C2=O. The Labute approximate surface area is 174 Å². The van der Waals surface area contributed by atoms with Crippen molar-refractivity contribution < 1.29 is 14.4 Å². The average Bonchev–Trinajstić information content (AvgIpc) is 2.97. The number of hydrogen-bond acceptors (Lipinski definition) is 3. The van der Waals surface area contributed by atoms with E-state index in [1.54, 1.807) is 29.2 Å². The first-order chi connectivity index (χ1) is 14.0. The van der Waals surface area contributed by atoms with Crippen molar-refractivity contribution in [3.05, 3.63) is 70.7 Å². The highest BCUT2D eigenvalue weighted by Gasteiger charge is 2.52. The van der Waals surface area contributed by atoms with Gasteiger partial charge in [0.15, 0.2) is 0 Å². The van der Waals surface area contributed by atoms with Gasteiger partial charge >= 0.3 is 6.03 Å². The fourth-order valence-electron chi connectivity index (χ4n) is 4.00. The van der Waals surface area contributed by atoms with Crippen LogP contribution in [0.25, 0.3) is 0 Å². The number of halogens is 1. The molecule has 2 aliphatic heterocycles. The Morgan fingerprint density at radius 3 is 2.34 bits per heavy atom. The summed E-state index contributed by atoms with van der Waals surface area (Å²) in [6.45, 7) is 1.13. The molecule has 7 heteroatoms. The molecule has 0 saturated carbocycles. The standard InChI is InChI=1S/C22H22ClN3O3/c23-18-9-5-4-8-17(18)19(27)25-14-11-22(12-15-25)20(28)26(21(29)24-22)13-10-16-6-2-1-3-7-16/h1-9H,10-15H2,(H,24,29). The highest BCUT2D eigenvalue weighted by atomic mass is 35.5. The van der Waals surface area contributed by atoms with E-state index in [2.05, 4.69) is 5.32 Å². The van der Waals surface area contributed by atoms with Gasteiger partial charge < -0.3 is 10.2 Å². The number of piperidine rings is 1. The van der Waals surface area contributed by atoms with E-state index in [0.29, 0.717) is 49.5 Å². The molecule has 2 heterocycles. The van der Waals surface area contributed by atoms with Gasteiger partial charge in [-0.3, -0.25) is 14.5 Å². The summed E-state index contributed by atoms with van der Waals surface area (Å²) in [4.78, 5) is 41.2. The Hall–Kier alpha value is -2.86. The molecule has 2 aromatic rings. The molecule has 0 radical (unpaired) electrons. The third-order valence-electron chi connectivity index (χ3n) is 5.72. The fraction of sp³-hybridized carbons (Fsp3) is 0.318. The van der Waals surface area contributed by atoms with E-state index in [4.69, 9.17) is 11.6 Å². The molecule has 2 fully saturated rings. The zero-order valence-electron chi connectivity index (χ0n) is 15.9. The predicted octanol–water partition coefficient (Wildman–Crippen LogP) is 3.11. The number of rotatable bonds is 4. The lowest BCUT2D eigenvalue weighted by molar-refractivity contribution is -0.132. The summed E-state index contributed by atoms with van der Waals surface area (Å²) in [5.41, 5.74) is 0.621. The van der Waals surface area contributed by atoms with Crippen molar-refractivity contribution in [2.45, 2.75) is 24.8 Å². The minimum Gasteiger partial charge on any atom is -0.338 e. The lowest BCUT2D eigenvalue weighted by Gasteiger charge is -2.37. The zero-order valence-corrected chi connectivity index (χ0v) is 16.7. The van der Waals surface area contributed by atoms with Crippen molar-refractivity contribution in [3.63, 3.8) is 0 Å². The van der Waals surface area contributed by atoms with Crippen molar-refractivity contribution in [1.82, 2.24) is 15.1 Å². The van der Waals surface area contributed by atoms with Crippen LogP contribution < -0.4 is 5.32 Å². The summed E-state index contributed by atoms with van der Waals surface area (Å²) in [5.74, 6) is -0.341. The second kappa shape index (κ2) is 7.87. The number of urea groups is 1. The number of nitrogens with one attached hydrogen (secondary N) is 1. The van der Waals surface area contributed by atoms with E-state index in [1.165, 1.54) is 4.90 Å². The summed E-state index contributed by atoms with van der Waals surface area (Å²) in [7, 11) is 0. The average molecular weight is 412 g/mol. The van der Waals surface area contributed by atoms with E-state index in [1.807, 2.05) is 30.3 Å². The van der Waals surface area contributed by atoms with Crippen molar-refractivity contribution >= 4 is 29.4 Å². The summed E-state index contributed by atoms with van der Waals surface area (Å²) in [6.07, 6.45) is 1.42. The second-order valence-electron chi connectivity index (χ2n) is 7.48. The largest absolute Gasteiger partial charge is 0.338 e. The Bertz CT molecular complexity index is 939. The zero-order chi connectivity index (χ0) is 20.4. The number of carbonyl (C=O) groups is 3. The van der Waals surface area contributed by atoms with Crippen LogP contribution in [-0.4, -0.2) is 52.8 Å². The van der Waals surface area contributed by atoms with Crippen LogP contribution in [0.4, 0.5) is 4.79 Å². The smallest absolute Gasteiger partial charge is 0.325 e. The number of likely N-dealkylation sites (tertiary alicyclic amines) is 1. The highest BCUT2D eigenvalue weighted by molar-refractivity contribution is 6.33. The summed E-state index contributed by atoms with van der Waals surface area (Å²) < 4.78 is 0. The molecule has 1 spiro atoms. The van der Waals surface area contributed by atoms with Gasteiger partial charge in [-0.15, -0.1) is 0 Å². The third-order valence-corrected chi connectivity index (χ3v) is 6.05. The molecule has 29 heavy (non-hydrogen) atoms. The molecule has 0 unspecified atom stereocenters. The van der Waals surface area contributed by atoms with Crippen LogP contribution in [0, 0.1) is 0 Å². The molecule has 0 bridgehead atoms. The van der Waals surface area contributed by atoms with Crippen LogP contribution in [0.2, 0.25) is 5.02 Å². The van der Waals surface area contributed by atoms with Crippen LogP contribution in [0.15, 0.2) is 54.6 Å². The van der Waals surface area contributed by atoms with Crippen molar-refractivity contribution in [3.8, 4) is 0 Å². The quantitative estimate of drug-likeness (QED) is 0.786. The summed E-state index contributed by atoms with van der Waals surface area (Å²) >= 11 is 6.14. The Morgan fingerprint density at radius 1 is 1.00 bits per heavy atom. The first kappa shape index (κ1) is 19.5. The van der Waals surface area contributed by atoms with Crippen molar-refractivity contribution in [1.29, 1.82) is 0 Å². The summed E-state index contributed by atoms with van der Waals surface area (Å²) in [6, 6.07) is 16.4. The number of hydrogen-bond donors (Lipinski definition) is 1. The number of carbonyl (C=O) groups excluding carboxylic acids is 3. The van der Waals surface area contributed by atoms with Gasteiger partial charge in [0, 0.05) is 19.6 Å². The van der Waals surface area contributed by atoms with Crippen molar-refractivity contribution in [2.24, 2.45) is 0 Å². The topological polar surface area (TPSA) is 69.7 Å². The third kappa shape index (κ3) is 3.72. The first-order valence-electron chi connectivity index (χ1n) is 9.72. The number of amides is 4. The van der Waals surface area contributed by atoms with Gasteiger partial charge in [0.1, 0.15) is 5.54 Å². The Kier molecular flexibility index (Phi) is 5.28. The van der Waals surface area contributed by atoms with Crippen LogP contribution in [-0.2, 0) is 11.2 Å². The second-order valence-corrected chi connectivity index (χ2v) is 7.88. The molecule has 4 rings (SSSR count). The molecule has 150 valence electrons. The van der Waals surface area contributed by atoms with E-state index >= 15 is 0 Å². The molecule has 4 amide bonds. The molecule has 6 nitrogen and oxygen atoms in total. The normalized spacial score (nSPS) is 18.2. The number of benzene rings is 2. The van der Waals surface area contributed by atoms with Gasteiger partial charge in [0.2, 0.25) is 0 Å². The van der Waals surface area contributed by atoms with Crippen LogP contribution in [0.1, 0.15) is 28.8 Å². The van der Waals surface area contributed by atoms with E-state index < -0.39 is 5.54 Å². The minimum absolute atomic E-state index is 0.150. The van der Waals surface area contributed by atoms with Gasteiger partial charge in [0.05, 0.1) is 10.6 Å². The molecule has 2 aromatic carbocycles. The maximum atomic E-state index is 13.0. The summed E-state index contributed by atoms with van der Waals surface area (Å²) in [5, 5.41) is 3.30.